The zero-order chi connectivity index (χ0) is 11.4. The fourth-order valence-electron chi connectivity index (χ4n) is 1.90. The standard InChI is InChI=1S/C12H16F2N2.ClH/c13-11-3-1-10(2-4-11)12(14)9-16-7-5-15-6-8-16;/h1-4,12,15H,5-9H2;1H. The first kappa shape index (κ1) is 14.4. The number of alkyl halides is 1. The minimum Gasteiger partial charge on any atom is -0.314 e. The number of hydrogen-bond donors (Lipinski definition) is 1. The molecular weight excluding hydrogens is 246 g/mol. The molecule has 1 saturated heterocycles. The van der Waals surface area contributed by atoms with Gasteiger partial charge in [-0.25, -0.2) is 8.78 Å². The molecule has 5 heteroatoms. The average molecular weight is 263 g/mol. The monoisotopic (exact) mass is 262 g/mol. The fraction of sp³-hybridized carbons (Fsp3) is 0.500. The maximum absolute atomic E-state index is 13.9. The number of nitrogens with zero attached hydrogens (tertiary/aromatic N) is 1. The summed E-state index contributed by atoms with van der Waals surface area (Å²) in [5.41, 5.74) is 0.555. The fourth-order valence-corrected chi connectivity index (χ4v) is 1.90. The van der Waals surface area contributed by atoms with E-state index in [1.165, 1.54) is 24.3 Å². The molecule has 96 valence electrons. The number of nitrogens with one attached hydrogen (secondary N) is 1. The van der Waals surface area contributed by atoms with Crippen LogP contribution in [0.4, 0.5) is 8.78 Å². The van der Waals surface area contributed by atoms with Crippen molar-refractivity contribution in [1.82, 2.24) is 10.2 Å². The van der Waals surface area contributed by atoms with Crippen LogP contribution in [-0.4, -0.2) is 37.6 Å². The molecule has 0 spiro atoms. The molecule has 1 fully saturated rings. The van der Waals surface area contributed by atoms with E-state index < -0.39 is 6.17 Å². The first-order valence-corrected chi connectivity index (χ1v) is 5.58. The van der Waals surface area contributed by atoms with Crippen LogP contribution in [-0.2, 0) is 0 Å². The van der Waals surface area contributed by atoms with Crippen molar-refractivity contribution in [2.24, 2.45) is 0 Å². The lowest BCUT2D eigenvalue weighted by atomic mass is 10.1. The maximum atomic E-state index is 13.9. The van der Waals surface area contributed by atoms with Crippen molar-refractivity contribution in [3.05, 3.63) is 35.6 Å². The summed E-state index contributed by atoms with van der Waals surface area (Å²) in [5.74, 6) is -0.321. The largest absolute Gasteiger partial charge is 0.314 e. The third-order valence-electron chi connectivity index (χ3n) is 2.86. The van der Waals surface area contributed by atoms with Crippen LogP contribution in [0.25, 0.3) is 0 Å². The Kier molecular flexibility index (Phi) is 5.82. The second-order valence-electron chi connectivity index (χ2n) is 4.07. The van der Waals surface area contributed by atoms with Crippen molar-refractivity contribution in [3.63, 3.8) is 0 Å². The van der Waals surface area contributed by atoms with E-state index >= 15 is 0 Å². The van der Waals surface area contributed by atoms with Gasteiger partial charge in [-0.2, -0.15) is 0 Å². The Morgan fingerprint density at radius 2 is 1.76 bits per heavy atom. The summed E-state index contributed by atoms with van der Waals surface area (Å²) in [6, 6.07) is 5.64. The van der Waals surface area contributed by atoms with Crippen LogP contribution < -0.4 is 5.32 Å². The minimum atomic E-state index is -1.03. The Morgan fingerprint density at radius 3 is 2.35 bits per heavy atom. The molecule has 0 radical (unpaired) electrons. The molecule has 1 aromatic carbocycles. The second kappa shape index (κ2) is 6.89. The summed E-state index contributed by atoms with van der Waals surface area (Å²) in [7, 11) is 0. The van der Waals surface area contributed by atoms with E-state index in [4.69, 9.17) is 0 Å². The Morgan fingerprint density at radius 1 is 1.18 bits per heavy atom. The molecule has 0 amide bonds. The molecule has 1 atom stereocenters. The van der Waals surface area contributed by atoms with E-state index in [1.807, 2.05) is 0 Å². The van der Waals surface area contributed by atoms with Gasteiger partial charge >= 0.3 is 0 Å². The summed E-state index contributed by atoms with van der Waals surface area (Å²) in [5, 5.41) is 3.22. The zero-order valence-electron chi connectivity index (χ0n) is 9.53. The molecule has 0 aliphatic carbocycles. The van der Waals surface area contributed by atoms with Crippen molar-refractivity contribution in [1.29, 1.82) is 0 Å². The molecule has 17 heavy (non-hydrogen) atoms. The number of halogens is 3. The predicted molar refractivity (Wildman–Crippen MR) is 66.8 cm³/mol. The summed E-state index contributed by atoms with van der Waals surface area (Å²) in [6.45, 7) is 3.98. The first-order chi connectivity index (χ1) is 7.75. The highest BCUT2D eigenvalue weighted by molar-refractivity contribution is 5.85. The molecule has 1 heterocycles. The van der Waals surface area contributed by atoms with Gasteiger partial charge in [0.15, 0.2) is 0 Å². The molecule has 0 saturated carbocycles. The molecular formula is C12H17ClF2N2. The maximum Gasteiger partial charge on any atom is 0.138 e. The van der Waals surface area contributed by atoms with Crippen LogP contribution in [0, 0.1) is 5.82 Å². The van der Waals surface area contributed by atoms with Crippen molar-refractivity contribution in [2.45, 2.75) is 6.17 Å². The van der Waals surface area contributed by atoms with Gasteiger partial charge in [0, 0.05) is 32.7 Å². The molecule has 1 unspecified atom stereocenters. The predicted octanol–water partition coefficient (Wildman–Crippen LogP) is 2.16. The van der Waals surface area contributed by atoms with E-state index in [0.29, 0.717) is 12.1 Å². The van der Waals surface area contributed by atoms with Gasteiger partial charge in [-0.1, -0.05) is 12.1 Å². The molecule has 2 nitrogen and oxygen atoms in total. The first-order valence-electron chi connectivity index (χ1n) is 5.58. The normalized spacial score (nSPS) is 18.5. The van der Waals surface area contributed by atoms with E-state index in [-0.39, 0.29) is 18.2 Å². The van der Waals surface area contributed by atoms with Crippen LogP contribution in [0.5, 0.6) is 0 Å². The van der Waals surface area contributed by atoms with Crippen LogP contribution in [0.1, 0.15) is 11.7 Å². The average Bonchev–Trinajstić information content (AvgIpc) is 2.31. The smallest absolute Gasteiger partial charge is 0.138 e. The minimum absolute atomic E-state index is 0. The Balaban J connectivity index is 0.00000144. The van der Waals surface area contributed by atoms with Crippen LogP contribution in [0.2, 0.25) is 0 Å². The number of piperazine rings is 1. The highest BCUT2D eigenvalue weighted by atomic mass is 35.5. The van der Waals surface area contributed by atoms with Crippen molar-refractivity contribution < 1.29 is 8.78 Å². The highest BCUT2D eigenvalue weighted by Crippen LogP contribution is 2.19. The number of benzene rings is 1. The lowest BCUT2D eigenvalue weighted by molar-refractivity contribution is 0.175. The van der Waals surface area contributed by atoms with Gasteiger partial charge in [0.25, 0.3) is 0 Å². The molecule has 1 aromatic rings. The summed E-state index contributed by atoms with van der Waals surface area (Å²) < 4.78 is 26.5. The Hall–Kier alpha value is -0.710. The van der Waals surface area contributed by atoms with Gasteiger partial charge in [0.05, 0.1) is 0 Å². The van der Waals surface area contributed by atoms with E-state index in [1.54, 1.807) is 0 Å². The van der Waals surface area contributed by atoms with Gasteiger partial charge in [0.1, 0.15) is 12.0 Å². The van der Waals surface area contributed by atoms with Crippen LogP contribution in [0.15, 0.2) is 24.3 Å². The third kappa shape index (κ3) is 4.22. The van der Waals surface area contributed by atoms with Gasteiger partial charge < -0.3 is 5.32 Å². The van der Waals surface area contributed by atoms with Crippen LogP contribution >= 0.6 is 12.4 Å². The molecule has 0 aromatic heterocycles. The van der Waals surface area contributed by atoms with Crippen molar-refractivity contribution in [3.8, 4) is 0 Å². The molecule has 1 aliphatic heterocycles. The SMILES string of the molecule is Cl.Fc1ccc(C(F)CN2CCNCC2)cc1. The summed E-state index contributed by atoms with van der Waals surface area (Å²) in [6.07, 6.45) is -1.03. The molecule has 0 bridgehead atoms. The summed E-state index contributed by atoms with van der Waals surface area (Å²) in [4.78, 5) is 2.09. The summed E-state index contributed by atoms with van der Waals surface area (Å²) >= 11 is 0. The Labute approximate surface area is 106 Å². The molecule has 1 N–H and O–H groups in total. The Bertz CT molecular complexity index is 326. The lowest BCUT2D eigenvalue weighted by Gasteiger charge is -2.28. The topological polar surface area (TPSA) is 15.3 Å². The van der Waals surface area contributed by atoms with E-state index in [9.17, 15) is 8.78 Å². The molecule has 2 rings (SSSR count). The van der Waals surface area contributed by atoms with Gasteiger partial charge in [-0.3, -0.25) is 4.90 Å². The van der Waals surface area contributed by atoms with Crippen molar-refractivity contribution >= 4 is 12.4 Å². The van der Waals surface area contributed by atoms with Gasteiger partial charge in [0.2, 0.25) is 0 Å². The van der Waals surface area contributed by atoms with Crippen LogP contribution in [0.3, 0.4) is 0 Å². The second-order valence-corrected chi connectivity index (χ2v) is 4.07. The zero-order valence-corrected chi connectivity index (χ0v) is 10.4. The number of rotatable bonds is 3. The van der Waals surface area contributed by atoms with Crippen molar-refractivity contribution in [2.75, 3.05) is 32.7 Å². The van der Waals surface area contributed by atoms with E-state index in [0.717, 1.165) is 26.2 Å². The number of hydrogen-bond acceptors (Lipinski definition) is 2. The molecule has 1 aliphatic rings. The van der Waals surface area contributed by atoms with Gasteiger partial charge in [-0.05, 0) is 17.7 Å². The van der Waals surface area contributed by atoms with Gasteiger partial charge in [-0.15, -0.1) is 12.4 Å². The lowest BCUT2D eigenvalue weighted by Crippen LogP contribution is -2.44. The third-order valence-corrected chi connectivity index (χ3v) is 2.86. The quantitative estimate of drug-likeness (QED) is 0.898. The highest BCUT2D eigenvalue weighted by Gasteiger charge is 2.16. The van der Waals surface area contributed by atoms with E-state index in [2.05, 4.69) is 10.2 Å².